The second-order valence-electron chi connectivity index (χ2n) is 8.13. The zero-order chi connectivity index (χ0) is 20.0. The zero-order valence-corrected chi connectivity index (χ0v) is 17.0. The van der Waals surface area contributed by atoms with E-state index in [-0.39, 0.29) is 5.97 Å². The summed E-state index contributed by atoms with van der Waals surface area (Å²) in [5.41, 5.74) is 7.61. The summed E-state index contributed by atoms with van der Waals surface area (Å²) in [6, 6.07) is 10.8. The van der Waals surface area contributed by atoms with Crippen LogP contribution in [0.5, 0.6) is 0 Å². The molecular formula is C23H27N3O3. The van der Waals surface area contributed by atoms with Gasteiger partial charge in [0.1, 0.15) is 0 Å². The number of carbonyl (C=O) groups excluding carboxylic acids is 1. The summed E-state index contributed by atoms with van der Waals surface area (Å²) in [7, 11) is 1.41. The molecule has 6 heteroatoms. The van der Waals surface area contributed by atoms with Gasteiger partial charge in [0.05, 0.1) is 25.9 Å². The Morgan fingerprint density at radius 2 is 2.17 bits per heavy atom. The first kappa shape index (κ1) is 18.5. The van der Waals surface area contributed by atoms with Gasteiger partial charge >= 0.3 is 5.97 Å². The van der Waals surface area contributed by atoms with Crippen LogP contribution in [0, 0.1) is 6.92 Å². The summed E-state index contributed by atoms with van der Waals surface area (Å²) >= 11 is 0. The normalized spacial score (nSPS) is 22.5. The number of rotatable bonds is 3. The Hall–Kier alpha value is -2.57. The molecule has 5 rings (SSSR count). The van der Waals surface area contributed by atoms with E-state index in [1.807, 2.05) is 25.1 Å². The lowest BCUT2D eigenvalue weighted by atomic mass is 9.89. The predicted molar refractivity (Wildman–Crippen MR) is 113 cm³/mol. The standard InChI is InChI=1S/C23H27N3O3/c1-14-9-16(3-4-18(14)23(27)28-2)25-17-10-15-13-29-8-7-26-21-5-6-24-12-20(21)19(11-17)22(15)26/h3-4,9-11,20-21,24-25H,5-8,12-13H2,1-2H3. The van der Waals surface area contributed by atoms with E-state index in [4.69, 9.17) is 9.47 Å². The number of anilines is 3. The zero-order valence-electron chi connectivity index (χ0n) is 17.0. The number of benzene rings is 2. The maximum Gasteiger partial charge on any atom is 0.338 e. The number of hydrogen-bond acceptors (Lipinski definition) is 6. The lowest BCUT2D eigenvalue weighted by Gasteiger charge is -2.33. The van der Waals surface area contributed by atoms with Crippen LogP contribution < -0.4 is 15.5 Å². The number of ether oxygens (including phenoxy) is 2. The van der Waals surface area contributed by atoms with Gasteiger partial charge in [-0.1, -0.05) is 0 Å². The molecule has 1 fully saturated rings. The molecule has 2 unspecified atom stereocenters. The van der Waals surface area contributed by atoms with Crippen LogP contribution in [0.15, 0.2) is 30.3 Å². The summed E-state index contributed by atoms with van der Waals surface area (Å²) in [5.74, 6) is 0.223. The van der Waals surface area contributed by atoms with Crippen molar-refractivity contribution in [2.24, 2.45) is 0 Å². The van der Waals surface area contributed by atoms with Crippen LogP contribution in [0.2, 0.25) is 0 Å². The van der Waals surface area contributed by atoms with Crippen molar-refractivity contribution in [3.05, 3.63) is 52.6 Å². The second kappa shape index (κ2) is 7.35. The van der Waals surface area contributed by atoms with Gasteiger partial charge in [0.2, 0.25) is 0 Å². The first-order valence-corrected chi connectivity index (χ1v) is 10.3. The van der Waals surface area contributed by atoms with E-state index < -0.39 is 0 Å². The second-order valence-corrected chi connectivity index (χ2v) is 8.13. The van der Waals surface area contributed by atoms with Gasteiger partial charge in [-0.15, -0.1) is 0 Å². The molecule has 2 N–H and O–H groups in total. The Morgan fingerprint density at radius 3 is 3.00 bits per heavy atom. The Balaban J connectivity index is 1.49. The number of fused-ring (bicyclic) bond motifs is 3. The number of hydrogen-bond donors (Lipinski definition) is 2. The molecule has 0 radical (unpaired) electrons. The molecule has 2 aromatic carbocycles. The fraction of sp³-hybridized carbons (Fsp3) is 0.435. The van der Waals surface area contributed by atoms with E-state index in [0.717, 1.165) is 43.2 Å². The predicted octanol–water partition coefficient (Wildman–Crippen LogP) is 3.32. The van der Waals surface area contributed by atoms with Crippen molar-refractivity contribution in [3.63, 3.8) is 0 Å². The molecule has 3 aliphatic heterocycles. The fourth-order valence-electron chi connectivity index (χ4n) is 5.10. The minimum atomic E-state index is -0.305. The number of esters is 1. The molecule has 0 aliphatic carbocycles. The third-order valence-corrected chi connectivity index (χ3v) is 6.41. The number of nitrogens with zero attached hydrogens (tertiary/aromatic N) is 1. The third-order valence-electron chi connectivity index (χ3n) is 6.41. The van der Waals surface area contributed by atoms with Crippen molar-refractivity contribution in [2.45, 2.75) is 31.9 Å². The van der Waals surface area contributed by atoms with Crippen molar-refractivity contribution in [1.82, 2.24) is 5.32 Å². The molecule has 2 aromatic rings. The van der Waals surface area contributed by atoms with Crippen molar-refractivity contribution in [2.75, 3.05) is 43.6 Å². The molecular weight excluding hydrogens is 366 g/mol. The van der Waals surface area contributed by atoms with Gasteiger partial charge in [0.15, 0.2) is 0 Å². The number of aryl methyl sites for hydroxylation is 1. The van der Waals surface area contributed by atoms with Gasteiger partial charge in [0, 0.05) is 47.7 Å². The first-order chi connectivity index (χ1) is 14.2. The van der Waals surface area contributed by atoms with Gasteiger partial charge in [-0.25, -0.2) is 4.79 Å². The fourth-order valence-corrected chi connectivity index (χ4v) is 5.10. The molecule has 29 heavy (non-hydrogen) atoms. The topological polar surface area (TPSA) is 62.8 Å². The SMILES string of the molecule is COC(=O)c1ccc(Nc2cc3c4c(c2)C2CNCCC2N4CCOC3)cc1C. The minimum absolute atomic E-state index is 0.305. The van der Waals surface area contributed by atoms with Crippen LogP contribution in [-0.2, 0) is 16.1 Å². The molecule has 3 aliphatic rings. The van der Waals surface area contributed by atoms with Crippen LogP contribution in [-0.4, -0.2) is 45.4 Å². The molecule has 1 saturated heterocycles. The summed E-state index contributed by atoms with van der Waals surface area (Å²) in [6.07, 6.45) is 1.18. The molecule has 0 aromatic heterocycles. The highest BCUT2D eigenvalue weighted by Crippen LogP contribution is 2.47. The van der Waals surface area contributed by atoms with E-state index in [1.54, 1.807) is 0 Å². The number of methoxy groups -OCH3 is 1. The third kappa shape index (κ3) is 3.16. The Labute approximate surface area is 171 Å². The van der Waals surface area contributed by atoms with E-state index in [9.17, 15) is 4.79 Å². The highest BCUT2D eigenvalue weighted by atomic mass is 16.5. The monoisotopic (exact) mass is 393 g/mol. The molecule has 0 saturated carbocycles. The lowest BCUT2D eigenvalue weighted by Crippen LogP contribution is -2.44. The van der Waals surface area contributed by atoms with Gasteiger partial charge in [-0.05, 0) is 61.3 Å². The van der Waals surface area contributed by atoms with E-state index in [2.05, 4.69) is 27.7 Å². The maximum atomic E-state index is 11.9. The molecule has 0 bridgehead atoms. The molecule has 6 nitrogen and oxygen atoms in total. The Bertz CT molecular complexity index is 959. The van der Waals surface area contributed by atoms with Crippen molar-refractivity contribution >= 4 is 23.0 Å². The first-order valence-electron chi connectivity index (χ1n) is 10.3. The summed E-state index contributed by atoms with van der Waals surface area (Å²) in [6.45, 7) is 6.45. The summed E-state index contributed by atoms with van der Waals surface area (Å²) in [5, 5.41) is 7.12. The van der Waals surface area contributed by atoms with Crippen LogP contribution >= 0.6 is 0 Å². The Morgan fingerprint density at radius 1 is 1.28 bits per heavy atom. The van der Waals surface area contributed by atoms with Crippen molar-refractivity contribution < 1.29 is 14.3 Å². The van der Waals surface area contributed by atoms with Gasteiger partial charge in [0.25, 0.3) is 0 Å². The van der Waals surface area contributed by atoms with Crippen LogP contribution in [0.4, 0.5) is 17.1 Å². The van der Waals surface area contributed by atoms with Crippen LogP contribution in [0.25, 0.3) is 0 Å². The number of nitrogens with one attached hydrogen (secondary N) is 2. The maximum absolute atomic E-state index is 11.9. The molecule has 0 amide bonds. The highest BCUT2D eigenvalue weighted by molar-refractivity contribution is 5.91. The summed E-state index contributed by atoms with van der Waals surface area (Å²) < 4.78 is 10.8. The highest BCUT2D eigenvalue weighted by Gasteiger charge is 2.41. The number of carbonyl (C=O) groups is 1. The van der Waals surface area contributed by atoms with Gasteiger partial charge in [-0.3, -0.25) is 0 Å². The minimum Gasteiger partial charge on any atom is -0.465 e. The lowest BCUT2D eigenvalue weighted by molar-refractivity contribution is 0.0600. The quantitative estimate of drug-likeness (QED) is 0.780. The molecule has 3 heterocycles. The molecule has 0 spiro atoms. The molecule has 2 atom stereocenters. The largest absolute Gasteiger partial charge is 0.465 e. The van der Waals surface area contributed by atoms with E-state index in [0.29, 0.717) is 24.1 Å². The van der Waals surface area contributed by atoms with E-state index in [1.165, 1.54) is 30.3 Å². The van der Waals surface area contributed by atoms with Crippen molar-refractivity contribution in [1.29, 1.82) is 0 Å². The van der Waals surface area contributed by atoms with Crippen LogP contribution in [0.1, 0.15) is 39.4 Å². The molecule has 152 valence electrons. The van der Waals surface area contributed by atoms with Crippen molar-refractivity contribution in [3.8, 4) is 0 Å². The average Bonchev–Trinajstić information content (AvgIpc) is 2.89. The van der Waals surface area contributed by atoms with E-state index >= 15 is 0 Å². The average molecular weight is 393 g/mol. The smallest absolute Gasteiger partial charge is 0.338 e. The van der Waals surface area contributed by atoms with Gasteiger partial charge < -0.3 is 25.0 Å². The van der Waals surface area contributed by atoms with Crippen LogP contribution in [0.3, 0.4) is 0 Å². The van der Waals surface area contributed by atoms with Gasteiger partial charge in [-0.2, -0.15) is 0 Å². The number of piperidine rings is 1. The Kier molecular flexibility index (Phi) is 4.68. The summed E-state index contributed by atoms with van der Waals surface area (Å²) in [4.78, 5) is 14.4.